The summed E-state index contributed by atoms with van der Waals surface area (Å²) in [5.74, 6) is -0.800. The summed E-state index contributed by atoms with van der Waals surface area (Å²) >= 11 is 0. The summed E-state index contributed by atoms with van der Waals surface area (Å²) in [5.41, 5.74) is 2.91. The van der Waals surface area contributed by atoms with E-state index in [0.717, 1.165) is 16.7 Å². The predicted octanol–water partition coefficient (Wildman–Crippen LogP) is 3.72. The summed E-state index contributed by atoms with van der Waals surface area (Å²) in [6.45, 7) is 3.58. The Morgan fingerprint density at radius 1 is 1.12 bits per heavy atom. The fourth-order valence-corrected chi connectivity index (χ4v) is 3.61. The third kappa shape index (κ3) is 5.37. The van der Waals surface area contributed by atoms with Gasteiger partial charge in [-0.2, -0.15) is 0 Å². The highest BCUT2D eigenvalue weighted by molar-refractivity contribution is 5.91. The molecule has 1 atom stereocenters. The number of anilines is 1. The van der Waals surface area contributed by atoms with Crippen LogP contribution in [0.2, 0.25) is 0 Å². The number of methoxy groups -OCH3 is 1. The molecule has 4 N–H and O–H groups in total. The van der Waals surface area contributed by atoms with Gasteiger partial charge in [0.25, 0.3) is 5.56 Å². The molecule has 0 spiro atoms. The molecule has 0 radical (unpaired) electrons. The number of carbonyl (C=O) groups excluding carboxylic acids is 1. The molecule has 0 aliphatic carbocycles. The Morgan fingerprint density at radius 2 is 1.85 bits per heavy atom. The number of benzene rings is 2. The highest BCUT2D eigenvalue weighted by Crippen LogP contribution is 2.30. The summed E-state index contributed by atoms with van der Waals surface area (Å²) in [6.07, 6.45) is -0.383. The smallest absolute Gasteiger partial charge is 0.319 e. The summed E-state index contributed by atoms with van der Waals surface area (Å²) in [5, 5.41) is 24.5. The third-order valence-electron chi connectivity index (χ3n) is 5.62. The lowest BCUT2D eigenvalue weighted by Gasteiger charge is -2.20. The molecule has 34 heavy (non-hydrogen) atoms. The number of aliphatic carboxylic acids is 1. The van der Waals surface area contributed by atoms with Crippen molar-refractivity contribution in [2.75, 3.05) is 12.4 Å². The molecule has 2 amide bonds. The van der Waals surface area contributed by atoms with Crippen LogP contribution in [0.5, 0.6) is 11.5 Å². The average Bonchev–Trinajstić information content (AvgIpc) is 2.80. The van der Waals surface area contributed by atoms with Gasteiger partial charge in [-0.1, -0.05) is 24.3 Å². The van der Waals surface area contributed by atoms with Crippen LogP contribution in [0, 0.1) is 13.8 Å². The van der Waals surface area contributed by atoms with Gasteiger partial charge in [0.1, 0.15) is 11.5 Å². The van der Waals surface area contributed by atoms with Gasteiger partial charge in [0.2, 0.25) is 0 Å². The van der Waals surface area contributed by atoms with E-state index >= 15 is 0 Å². The number of aryl methyl sites for hydroxylation is 2. The maximum atomic E-state index is 12.7. The third-order valence-corrected chi connectivity index (χ3v) is 5.62. The van der Waals surface area contributed by atoms with E-state index in [-0.39, 0.29) is 17.9 Å². The highest BCUT2D eigenvalue weighted by atomic mass is 16.5. The van der Waals surface area contributed by atoms with Crippen LogP contribution in [-0.4, -0.2) is 33.9 Å². The van der Waals surface area contributed by atoms with Crippen molar-refractivity contribution in [3.63, 3.8) is 0 Å². The lowest BCUT2D eigenvalue weighted by Crippen LogP contribution is -2.36. The van der Waals surface area contributed by atoms with Gasteiger partial charge >= 0.3 is 12.0 Å². The fourth-order valence-electron chi connectivity index (χ4n) is 3.61. The van der Waals surface area contributed by atoms with E-state index in [4.69, 9.17) is 4.74 Å². The molecule has 0 saturated heterocycles. The minimum absolute atomic E-state index is 0.291. The zero-order valence-electron chi connectivity index (χ0n) is 19.4. The van der Waals surface area contributed by atoms with Gasteiger partial charge in [-0.3, -0.25) is 9.59 Å². The zero-order valence-corrected chi connectivity index (χ0v) is 19.4. The average molecular weight is 466 g/mol. The summed E-state index contributed by atoms with van der Waals surface area (Å²) < 4.78 is 6.58. The number of aromatic hydroxyl groups is 1. The number of ether oxygens (including phenoxy) is 1. The van der Waals surface area contributed by atoms with E-state index in [2.05, 4.69) is 10.6 Å². The number of amides is 2. The van der Waals surface area contributed by atoms with Crippen LogP contribution in [0.25, 0.3) is 11.1 Å². The number of rotatable bonds is 7. The standard InChI is InChI=1S/C25H27N3O6/c1-14-8-9-17(12-19(14)16-6-5-7-18(11-16)34-4)20(13-22(30)31)26-25(33)27-23-21(29)10-15(2)28(3)24(23)32/h5-12,20,29H,13H2,1-4H3,(H,30,31)(H2,26,27,33). The van der Waals surface area contributed by atoms with Crippen molar-refractivity contribution >= 4 is 17.7 Å². The van der Waals surface area contributed by atoms with Crippen LogP contribution in [0.4, 0.5) is 10.5 Å². The molecule has 3 rings (SSSR count). The zero-order chi connectivity index (χ0) is 25.0. The molecule has 1 aromatic heterocycles. The van der Waals surface area contributed by atoms with Gasteiger partial charge in [-0.15, -0.1) is 0 Å². The van der Waals surface area contributed by atoms with Crippen molar-refractivity contribution in [1.82, 2.24) is 9.88 Å². The lowest BCUT2D eigenvalue weighted by molar-refractivity contribution is -0.137. The Morgan fingerprint density at radius 3 is 2.53 bits per heavy atom. The van der Waals surface area contributed by atoms with Crippen molar-refractivity contribution < 1.29 is 24.5 Å². The van der Waals surface area contributed by atoms with E-state index in [1.54, 1.807) is 20.1 Å². The lowest BCUT2D eigenvalue weighted by atomic mass is 9.94. The van der Waals surface area contributed by atoms with E-state index in [9.17, 15) is 24.6 Å². The predicted molar refractivity (Wildman–Crippen MR) is 128 cm³/mol. The van der Waals surface area contributed by atoms with Gasteiger partial charge in [0.05, 0.1) is 19.6 Å². The number of hydrogen-bond acceptors (Lipinski definition) is 5. The topological polar surface area (TPSA) is 130 Å². The number of aromatic nitrogens is 1. The summed E-state index contributed by atoms with van der Waals surface area (Å²) in [7, 11) is 3.09. The van der Waals surface area contributed by atoms with E-state index in [1.807, 2.05) is 43.3 Å². The maximum absolute atomic E-state index is 12.7. The number of pyridine rings is 1. The van der Waals surface area contributed by atoms with Gasteiger partial charge in [-0.05, 0) is 54.3 Å². The highest BCUT2D eigenvalue weighted by Gasteiger charge is 2.21. The number of urea groups is 1. The van der Waals surface area contributed by atoms with Crippen molar-refractivity contribution in [3.05, 3.63) is 75.7 Å². The largest absolute Gasteiger partial charge is 0.505 e. The molecule has 0 bridgehead atoms. The normalized spacial score (nSPS) is 11.5. The first-order valence-corrected chi connectivity index (χ1v) is 10.5. The second kappa shape index (κ2) is 10.1. The van der Waals surface area contributed by atoms with Crippen molar-refractivity contribution in [2.45, 2.75) is 26.3 Å². The quantitative estimate of drug-likeness (QED) is 0.421. The number of hydrogen-bond donors (Lipinski definition) is 4. The second-order valence-electron chi connectivity index (χ2n) is 7.97. The Bertz CT molecular complexity index is 1300. The molecule has 0 aliphatic heterocycles. The first kappa shape index (κ1) is 24.4. The van der Waals surface area contributed by atoms with Crippen LogP contribution >= 0.6 is 0 Å². The Kier molecular flexibility index (Phi) is 7.25. The molecule has 0 aliphatic rings. The Hall–Kier alpha value is -4.27. The molecule has 9 heteroatoms. The van der Waals surface area contributed by atoms with Gasteiger partial charge in [-0.25, -0.2) is 4.79 Å². The molecule has 9 nitrogen and oxygen atoms in total. The van der Waals surface area contributed by atoms with Crippen molar-refractivity contribution in [2.24, 2.45) is 7.05 Å². The Labute approximate surface area is 196 Å². The van der Waals surface area contributed by atoms with E-state index in [1.165, 1.54) is 17.7 Å². The van der Waals surface area contributed by atoms with Gasteiger partial charge in [0, 0.05) is 18.8 Å². The molecule has 1 unspecified atom stereocenters. The maximum Gasteiger partial charge on any atom is 0.319 e. The minimum atomic E-state index is -1.11. The first-order chi connectivity index (χ1) is 16.1. The van der Waals surface area contributed by atoms with Crippen molar-refractivity contribution in [1.29, 1.82) is 0 Å². The SMILES string of the molecule is COc1cccc(-c2cc(C(CC(=O)O)NC(=O)Nc3c(O)cc(C)n(C)c3=O)ccc2C)c1. The summed E-state index contributed by atoms with van der Waals surface area (Å²) in [4.78, 5) is 36.7. The molecule has 178 valence electrons. The molecular weight excluding hydrogens is 438 g/mol. The van der Waals surface area contributed by atoms with Crippen molar-refractivity contribution in [3.8, 4) is 22.6 Å². The monoisotopic (exact) mass is 465 g/mol. The van der Waals surface area contributed by atoms with Gasteiger partial charge < -0.3 is 30.2 Å². The molecular formula is C25H27N3O6. The number of nitrogens with one attached hydrogen (secondary N) is 2. The molecule has 0 saturated carbocycles. The Balaban J connectivity index is 1.92. The second-order valence-corrected chi connectivity index (χ2v) is 7.97. The molecule has 3 aromatic rings. The first-order valence-electron chi connectivity index (χ1n) is 10.5. The van der Waals surface area contributed by atoms with E-state index < -0.39 is 23.6 Å². The number of carbonyl (C=O) groups is 2. The minimum Gasteiger partial charge on any atom is -0.505 e. The van der Waals surface area contributed by atoms with Crippen LogP contribution < -0.4 is 20.9 Å². The van der Waals surface area contributed by atoms with Crippen LogP contribution in [0.1, 0.15) is 29.3 Å². The number of nitrogens with zero attached hydrogens (tertiary/aromatic N) is 1. The van der Waals surface area contributed by atoms with Crippen LogP contribution in [0.15, 0.2) is 53.3 Å². The van der Waals surface area contributed by atoms with Crippen LogP contribution in [-0.2, 0) is 11.8 Å². The van der Waals surface area contributed by atoms with Crippen LogP contribution in [0.3, 0.4) is 0 Å². The fraction of sp³-hybridized carbons (Fsp3) is 0.240. The van der Waals surface area contributed by atoms with Gasteiger partial charge in [0.15, 0.2) is 5.69 Å². The number of carboxylic acid groups (broad SMARTS) is 1. The molecule has 1 heterocycles. The molecule has 2 aromatic carbocycles. The molecule has 0 fully saturated rings. The number of carboxylic acids is 1. The summed E-state index contributed by atoms with van der Waals surface area (Å²) in [6, 6.07) is 12.5. The van der Waals surface area contributed by atoms with E-state index in [0.29, 0.717) is 17.0 Å².